The summed E-state index contributed by atoms with van der Waals surface area (Å²) in [6, 6.07) is 1.81. The molecule has 200 valence electrons. The maximum Gasteiger partial charge on any atom is 0.421 e. The van der Waals surface area contributed by atoms with Crippen molar-refractivity contribution < 1.29 is 24.1 Å². The molecule has 1 aliphatic rings. The standard InChI is InChI=1S/C23H30F3N9O2/c1-7-33(20(36)37-21(2,3)4)18-15(23(24,25)26)13-27-19(31-18)30-17-12-16(32-34(17)14-8-9-14)22(5,6)35-28-10-11-29-35/h10-14H,7-9H2,1-6H3,(H,27,30,31)/i13D. The van der Waals surface area contributed by atoms with Gasteiger partial charge in [-0.1, -0.05) is 0 Å². The lowest BCUT2D eigenvalue weighted by atomic mass is 10.0. The van der Waals surface area contributed by atoms with Gasteiger partial charge >= 0.3 is 12.3 Å². The number of hydrogen-bond donors (Lipinski definition) is 1. The molecule has 1 amide bonds. The van der Waals surface area contributed by atoms with Crippen molar-refractivity contribution in [2.45, 2.75) is 77.7 Å². The summed E-state index contributed by atoms with van der Waals surface area (Å²) in [6.45, 7) is 9.87. The van der Waals surface area contributed by atoms with Crippen LogP contribution in [-0.2, 0) is 16.5 Å². The zero-order valence-electron chi connectivity index (χ0n) is 22.5. The van der Waals surface area contributed by atoms with E-state index in [1.807, 2.05) is 13.8 Å². The number of hydrogen-bond acceptors (Lipinski definition) is 8. The number of anilines is 3. The van der Waals surface area contributed by atoms with Gasteiger partial charge in [0.1, 0.15) is 22.5 Å². The minimum Gasteiger partial charge on any atom is -0.443 e. The van der Waals surface area contributed by atoms with Crippen molar-refractivity contribution in [3.63, 3.8) is 0 Å². The highest BCUT2D eigenvalue weighted by atomic mass is 19.4. The molecule has 4 rings (SSSR count). The van der Waals surface area contributed by atoms with Crippen LogP contribution in [-0.4, -0.2) is 53.0 Å². The number of aromatic nitrogens is 7. The summed E-state index contributed by atoms with van der Waals surface area (Å²) < 4.78 is 57.1. The van der Waals surface area contributed by atoms with E-state index >= 15 is 0 Å². The van der Waals surface area contributed by atoms with Crippen LogP contribution < -0.4 is 10.2 Å². The van der Waals surface area contributed by atoms with Crippen LogP contribution in [0.3, 0.4) is 0 Å². The fourth-order valence-electron chi connectivity index (χ4n) is 3.57. The molecule has 0 saturated heterocycles. The molecule has 1 saturated carbocycles. The molecular formula is C23H30F3N9O2. The maximum absolute atomic E-state index is 14.0. The third kappa shape index (κ3) is 5.67. The van der Waals surface area contributed by atoms with Crippen molar-refractivity contribution in [1.82, 2.24) is 34.7 Å². The summed E-state index contributed by atoms with van der Waals surface area (Å²) in [6.07, 6.45) is -2.22. The van der Waals surface area contributed by atoms with Crippen molar-refractivity contribution in [3.8, 4) is 0 Å². The first-order valence-corrected chi connectivity index (χ1v) is 11.8. The molecule has 1 fully saturated rings. The van der Waals surface area contributed by atoms with E-state index in [4.69, 9.17) is 11.2 Å². The summed E-state index contributed by atoms with van der Waals surface area (Å²) >= 11 is 0. The fourth-order valence-corrected chi connectivity index (χ4v) is 3.57. The second kappa shape index (κ2) is 9.30. The molecule has 3 aromatic rings. The minimum absolute atomic E-state index is 0.0888. The predicted octanol–water partition coefficient (Wildman–Crippen LogP) is 4.91. The van der Waals surface area contributed by atoms with Crippen molar-refractivity contribution in [1.29, 1.82) is 0 Å². The Morgan fingerprint density at radius 2 is 1.86 bits per heavy atom. The quantitative estimate of drug-likeness (QED) is 0.466. The van der Waals surface area contributed by atoms with Crippen LogP contribution in [0.1, 0.15) is 73.1 Å². The number of carbonyl (C=O) groups is 1. The third-order valence-electron chi connectivity index (χ3n) is 5.59. The summed E-state index contributed by atoms with van der Waals surface area (Å²) in [4.78, 5) is 22.9. The van der Waals surface area contributed by atoms with Gasteiger partial charge < -0.3 is 10.1 Å². The molecule has 0 spiro atoms. The Hall–Kier alpha value is -3.71. The molecule has 0 aromatic carbocycles. The van der Waals surface area contributed by atoms with E-state index in [1.54, 1.807) is 43.9 Å². The van der Waals surface area contributed by atoms with Crippen molar-refractivity contribution in [2.24, 2.45) is 0 Å². The molecule has 0 aliphatic heterocycles. The summed E-state index contributed by atoms with van der Waals surface area (Å²) in [5, 5.41) is 16.0. The van der Waals surface area contributed by atoms with Gasteiger partial charge in [-0.3, -0.25) is 4.90 Å². The normalized spacial score (nSPS) is 14.9. The predicted molar refractivity (Wildman–Crippen MR) is 129 cm³/mol. The summed E-state index contributed by atoms with van der Waals surface area (Å²) in [7, 11) is 0. The molecule has 0 atom stereocenters. The van der Waals surface area contributed by atoms with Crippen LogP contribution >= 0.6 is 0 Å². The van der Waals surface area contributed by atoms with E-state index in [0.29, 0.717) is 11.5 Å². The molecule has 37 heavy (non-hydrogen) atoms. The van der Waals surface area contributed by atoms with E-state index in [1.165, 1.54) is 11.7 Å². The van der Waals surface area contributed by atoms with E-state index in [0.717, 1.165) is 17.7 Å². The van der Waals surface area contributed by atoms with Gasteiger partial charge in [0.05, 0.1) is 25.5 Å². The number of ether oxygens (including phenoxy) is 1. The van der Waals surface area contributed by atoms with Gasteiger partial charge in [-0.15, -0.1) is 0 Å². The van der Waals surface area contributed by atoms with Crippen LogP contribution in [0.5, 0.6) is 0 Å². The maximum atomic E-state index is 14.0. The molecule has 11 nitrogen and oxygen atoms in total. The van der Waals surface area contributed by atoms with Crippen molar-refractivity contribution in [2.75, 3.05) is 16.8 Å². The number of carbonyl (C=O) groups excluding carboxylic acids is 1. The highest BCUT2D eigenvalue weighted by molar-refractivity contribution is 5.87. The lowest BCUT2D eigenvalue weighted by Crippen LogP contribution is -2.38. The lowest BCUT2D eigenvalue weighted by Gasteiger charge is -2.27. The summed E-state index contributed by atoms with van der Waals surface area (Å²) in [5.41, 5.74) is -2.52. The van der Waals surface area contributed by atoms with Gasteiger partial charge in [0.2, 0.25) is 5.95 Å². The lowest BCUT2D eigenvalue weighted by molar-refractivity contribution is -0.137. The van der Waals surface area contributed by atoms with Gasteiger partial charge in [0.25, 0.3) is 0 Å². The first-order valence-electron chi connectivity index (χ1n) is 12.3. The van der Waals surface area contributed by atoms with Crippen LogP contribution in [0.2, 0.25) is 0 Å². The third-order valence-corrected chi connectivity index (χ3v) is 5.59. The second-order valence-corrected chi connectivity index (χ2v) is 10.2. The first-order chi connectivity index (χ1) is 17.6. The Bertz CT molecular complexity index is 1310. The van der Waals surface area contributed by atoms with Gasteiger partial charge in [-0.25, -0.2) is 14.5 Å². The number of rotatable bonds is 7. The molecule has 3 heterocycles. The molecular weight excluding hydrogens is 491 g/mol. The molecule has 3 aromatic heterocycles. The van der Waals surface area contributed by atoms with Crippen LogP contribution in [0.4, 0.5) is 35.5 Å². The zero-order chi connectivity index (χ0) is 28.0. The highest BCUT2D eigenvalue weighted by Gasteiger charge is 2.39. The number of halogens is 3. The Kier molecular flexibility index (Phi) is 6.28. The average Bonchev–Trinajstić information content (AvgIpc) is 3.27. The van der Waals surface area contributed by atoms with Crippen LogP contribution in [0.25, 0.3) is 0 Å². The van der Waals surface area contributed by atoms with Gasteiger partial charge in [-0.05, 0) is 54.4 Å². The number of nitrogens with zero attached hydrogens (tertiary/aromatic N) is 8. The van der Waals surface area contributed by atoms with Gasteiger partial charge in [-0.2, -0.15) is 38.2 Å². The first kappa shape index (κ1) is 25.0. The molecule has 0 bridgehead atoms. The number of nitrogens with one attached hydrogen (secondary N) is 1. The Morgan fingerprint density at radius 3 is 2.41 bits per heavy atom. The largest absolute Gasteiger partial charge is 0.443 e. The topological polar surface area (TPSA) is 116 Å². The molecule has 0 radical (unpaired) electrons. The van der Waals surface area contributed by atoms with E-state index < -0.39 is 41.0 Å². The summed E-state index contributed by atoms with van der Waals surface area (Å²) in [5.74, 6) is -0.632. The Balaban J connectivity index is 1.77. The second-order valence-electron chi connectivity index (χ2n) is 10.2. The van der Waals surface area contributed by atoms with E-state index in [2.05, 4.69) is 25.5 Å². The fraction of sp³-hybridized carbons (Fsp3) is 0.565. The molecule has 14 heteroatoms. The van der Waals surface area contributed by atoms with Crippen LogP contribution in [0, 0.1) is 0 Å². The number of alkyl halides is 3. The zero-order valence-corrected chi connectivity index (χ0v) is 21.5. The van der Waals surface area contributed by atoms with Crippen molar-refractivity contribution in [3.05, 3.63) is 35.9 Å². The minimum atomic E-state index is -4.98. The Morgan fingerprint density at radius 1 is 1.22 bits per heavy atom. The monoisotopic (exact) mass is 522 g/mol. The van der Waals surface area contributed by atoms with Crippen LogP contribution in [0.15, 0.2) is 24.6 Å². The van der Waals surface area contributed by atoms with Gasteiger partial charge in [0, 0.05) is 18.8 Å². The van der Waals surface area contributed by atoms with E-state index in [9.17, 15) is 18.0 Å². The van der Waals surface area contributed by atoms with Crippen molar-refractivity contribution >= 4 is 23.7 Å². The van der Waals surface area contributed by atoms with E-state index in [-0.39, 0.29) is 18.5 Å². The smallest absolute Gasteiger partial charge is 0.421 e. The highest BCUT2D eigenvalue weighted by Crippen LogP contribution is 2.40. The molecule has 0 unspecified atom stereocenters. The SMILES string of the molecule is [2H]c1nc(Nc2cc(C(C)(C)n3nccn3)nn2C2CC2)nc(N(CC)C(=O)OC(C)(C)C)c1C(F)(F)F. The Labute approximate surface area is 213 Å². The molecule has 1 aliphatic carbocycles. The average molecular weight is 523 g/mol. The van der Waals surface area contributed by atoms with Gasteiger partial charge in [0.15, 0.2) is 5.82 Å². The number of amides is 1. The molecule has 1 N–H and O–H groups in total.